The van der Waals surface area contributed by atoms with E-state index in [0.29, 0.717) is 13.2 Å². The van der Waals surface area contributed by atoms with Crippen molar-refractivity contribution in [1.82, 2.24) is 0 Å². The van der Waals surface area contributed by atoms with Gasteiger partial charge in [0.05, 0.1) is 6.54 Å². The number of anilines is 1. The lowest BCUT2D eigenvalue weighted by Gasteiger charge is -2.13. The van der Waals surface area contributed by atoms with E-state index >= 15 is 0 Å². The van der Waals surface area contributed by atoms with Gasteiger partial charge in [-0.1, -0.05) is 6.07 Å². The molecule has 0 unspecified atom stereocenters. The van der Waals surface area contributed by atoms with E-state index in [4.69, 9.17) is 14.9 Å². The molecule has 1 aromatic heterocycles. The number of benzene rings is 1. The van der Waals surface area contributed by atoms with E-state index in [2.05, 4.69) is 0 Å². The molecule has 0 bridgehead atoms. The largest absolute Gasteiger partial charge is 0.486 e. The minimum absolute atomic E-state index is 0.413. The first-order valence-corrected chi connectivity index (χ1v) is 5.87. The first-order valence-electron chi connectivity index (χ1n) is 5.87. The Kier molecular flexibility index (Phi) is 3.89. The fourth-order valence-electron chi connectivity index (χ4n) is 1.62. The first-order chi connectivity index (χ1) is 8.69. The summed E-state index contributed by atoms with van der Waals surface area (Å²) in [5, 5.41) is 0. The smallest absolute Gasteiger partial charge is 0.146 e. The molecule has 0 fully saturated rings. The van der Waals surface area contributed by atoms with Crippen molar-refractivity contribution in [3.63, 3.8) is 0 Å². The molecule has 0 saturated heterocycles. The van der Waals surface area contributed by atoms with Gasteiger partial charge in [-0.15, -0.1) is 0 Å². The standard InChI is InChI=1S/C14H18N2O2/c1-16(2)11-4-3-5-12(8-11)17-10-14-7-6-13(9-15)18-14/h3-8H,9-10,15H2,1-2H3. The lowest BCUT2D eigenvalue weighted by molar-refractivity contribution is 0.266. The van der Waals surface area contributed by atoms with E-state index in [9.17, 15) is 0 Å². The lowest BCUT2D eigenvalue weighted by Crippen LogP contribution is -2.08. The summed E-state index contributed by atoms with van der Waals surface area (Å²) in [7, 11) is 4.00. The van der Waals surface area contributed by atoms with Gasteiger partial charge in [-0.2, -0.15) is 0 Å². The van der Waals surface area contributed by atoms with Crippen LogP contribution in [0.5, 0.6) is 5.75 Å². The topological polar surface area (TPSA) is 51.6 Å². The number of hydrogen-bond donors (Lipinski definition) is 1. The van der Waals surface area contributed by atoms with Gasteiger partial charge in [-0.05, 0) is 24.3 Å². The molecule has 0 aliphatic rings. The van der Waals surface area contributed by atoms with Crippen LogP contribution in [0.15, 0.2) is 40.8 Å². The normalized spacial score (nSPS) is 10.4. The van der Waals surface area contributed by atoms with Crippen LogP contribution in [-0.2, 0) is 13.2 Å². The van der Waals surface area contributed by atoms with E-state index in [-0.39, 0.29) is 0 Å². The Balaban J connectivity index is 1.99. The monoisotopic (exact) mass is 246 g/mol. The van der Waals surface area contributed by atoms with Crippen molar-refractivity contribution in [3.05, 3.63) is 47.9 Å². The summed E-state index contributed by atoms with van der Waals surface area (Å²) < 4.78 is 11.2. The predicted molar refractivity (Wildman–Crippen MR) is 71.7 cm³/mol. The maximum absolute atomic E-state index is 5.68. The molecular weight excluding hydrogens is 228 g/mol. The summed E-state index contributed by atoms with van der Waals surface area (Å²) in [5.74, 6) is 2.38. The summed E-state index contributed by atoms with van der Waals surface area (Å²) in [5.41, 5.74) is 6.59. The van der Waals surface area contributed by atoms with Gasteiger partial charge in [0, 0.05) is 25.8 Å². The Bertz CT molecular complexity index is 506. The quantitative estimate of drug-likeness (QED) is 0.880. The molecule has 4 heteroatoms. The number of furan rings is 1. The molecule has 0 amide bonds. The van der Waals surface area contributed by atoms with E-state index in [0.717, 1.165) is 23.0 Å². The summed E-state index contributed by atoms with van der Waals surface area (Å²) in [6.45, 7) is 0.826. The van der Waals surface area contributed by atoms with Crippen LogP contribution in [0.1, 0.15) is 11.5 Å². The van der Waals surface area contributed by atoms with Gasteiger partial charge in [0.25, 0.3) is 0 Å². The van der Waals surface area contributed by atoms with Gasteiger partial charge in [-0.25, -0.2) is 0 Å². The van der Waals surface area contributed by atoms with Gasteiger partial charge in [0.15, 0.2) is 0 Å². The van der Waals surface area contributed by atoms with Gasteiger partial charge >= 0.3 is 0 Å². The molecule has 18 heavy (non-hydrogen) atoms. The molecular formula is C14H18N2O2. The highest BCUT2D eigenvalue weighted by atomic mass is 16.5. The van der Waals surface area contributed by atoms with E-state index in [1.807, 2.05) is 55.4 Å². The van der Waals surface area contributed by atoms with Crippen LogP contribution in [0.3, 0.4) is 0 Å². The minimum Gasteiger partial charge on any atom is -0.486 e. The Hall–Kier alpha value is -1.94. The average Bonchev–Trinajstić information content (AvgIpc) is 2.84. The molecule has 0 radical (unpaired) electrons. The number of nitrogens with two attached hydrogens (primary N) is 1. The second-order valence-corrected chi connectivity index (χ2v) is 4.25. The molecule has 0 atom stereocenters. The number of nitrogens with zero attached hydrogens (tertiary/aromatic N) is 1. The molecule has 0 spiro atoms. The van der Waals surface area contributed by atoms with Crippen molar-refractivity contribution in [1.29, 1.82) is 0 Å². The summed E-state index contributed by atoms with van der Waals surface area (Å²) >= 11 is 0. The SMILES string of the molecule is CN(C)c1cccc(OCc2ccc(CN)o2)c1. The van der Waals surface area contributed by atoms with E-state index in [1.54, 1.807) is 0 Å². The van der Waals surface area contributed by atoms with Gasteiger partial charge < -0.3 is 19.8 Å². The number of ether oxygens (including phenoxy) is 1. The highest BCUT2D eigenvalue weighted by Gasteiger charge is 2.03. The van der Waals surface area contributed by atoms with Crippen LogP contribution >= 0.6 is 0 Å². The average molecular weight is 246 g/mol. The van der Waals surface area contributed by atoms with Crippen LogP contribution in [0, 0.1) is 0 Å². The highest BCUT2D eigenvalue weighted by molar-refractivity contribution is 5.49. The van der Waals surface area contributed by atoms with Crippen molar-refractivity contribution in [3.8, 4) is 5.75 Å². The third-order valence-corrected chi connectivity index (χ3v) is 2.63. The lowest BCUT2D eigenvalue weighted by atomic mass is 10.3. The van der Waals surface area contributed by atoms with Crippen molar-refractivity contribution in [2.45, 2.75) is 13.2 Å². The molecule has 1 aromatic carbocycles. The molecule has 4 nitrogen and oxygen atoms in total. The maximum atomic E-state index is 5.68. The van der Waals surface area contributed by atoms with Crippen LogP contribution in [0.25, 0.3) is 0 Å². The van der Waals surface area contributed by atoms with Gasteiger partial charge in [0.1, 0.15) is 23.9 Å². The minimum atomic E-state index is 0.413. The fourth-order valence-corrected chi connectivity index (χ4v) is 1.62. The molecule has 96 valence electrons. The fraction of sp³-hybridized carbons (Fsp3) is 0.286. The summed E-state index contributed by atoms with van der Waals surface area (Å²) in [4.78, 5) is 2.03. The Labute approximate surface area is 107 Å². The van der Waals surface area contributed by atoms with E-state index < -0.39 is 0 Å². The van der Waals surface area contributed by atoms with Crippen LogP contribution in [0.4, 0.5) is 5.69 Å². The van der Waals surface area contributed by atoms with Crippen molar-refractivity contribution in [2.75, 3.05) is 19.0 Å². The Morgan fingerprint density at radius 3 is 2.61 bits per heavy atom. The van der Waals surface area contributed by atoms with Crippen LogP contribution in [-0.4, -0.2) is 14.1 Å². The first kappa shape index (κ1) is 12.5. The third kappa shape index (κ3) is 3.05. The molecule has 2 aromatic rings. The van der Waals surface area contributed by atoms with Crippen molar-refractivity contribution < 1.29 is 9.15 Å². The summed E-state index contributed by atoms with van der Waals surface area (Å²) in [6, 6.07) is 11.7. The van der Waals surface area contributed by atoms with Crippen LogP contribution < -0.4 is 15.4 Å². The molecule has 0 saturated carbocycles. The van der Waals surface area contributed by atoms with Gasteiger partial charge in [0.2, 0.25) is 0 Å². The number of rotatable bonds is 5. The zero-order valence-electron chi connectivity index (χ0n) is 10.7. The molecule has 1 heterocycles. The molecule has 0 aliphatic heterocycles. The Morgan fingerprint density at radius 2 is 1.94 bits per heavy atom. The third-order valence-electron chi connectivity index (χ3n) is 2.63. The number of hydrogen-bond acceptors (Lipinski definition) is 4. The molecule has 2 rings (SSSR count). The predicted octanol–water partition coefficient (Wildman–Crippen LogP) is 2.38. The zero-order chi connectivity index (χ0) is 13.0. The molecule has 2 N–H and O–H groups in total. The molecule has 0 aliphatic carbocycles. The van der Waals surface area contributed by atoms with Crippen LogP contribution in [0.2, 0.25) is 0 Å². The van der Waals surface area contributed by atoms with Crippen molar-refractivity contribution in [2.24, 2.45) is 5.73 Å². The Morgan fingerprint density at radius 1 is 1.17 bits per heavy atom. The second kappa shape index (κ2) is 5.60. The van der Waals surface area contributed by atoms with Gasteiger partial charge in [-0.3, -0.25) is 0 Å². The second-order valence-electron chi connectivity index (χ2n) is 4.25. The summed E-state index contributed by atoms with van der Waals surface area (Å²) in [6.07, 6.45) is 0. The van der Waals surface area contributed by atoms with Crippen molar-refractivity contribution >= 4 is 5.69 Å². The van der Waals surface area contributed by atoms with E-state index in [1.165, 1.54) is 0 Å². The zero-order valence-corrected chi connectivity index (χ0v) is 10.7. The highest BCUT2D eigenvalue weighted by Crippen LogP contribution is 2.20. The maximum Gasteiger partial charge on any atom is 0.146 e.